The quantitative estimate of drug-likeness (QED) is 0.624. The van der Waals surface area contributed by atoms with Crippen LogP contribution in [0.2, 0.25) is 0 Å². The van der Waals surface area contributed by atoms with Crippen molar-refractivity contribution in [3.63, 3.8) is 0 Å². The van der Waals surface area contributed by atoms with E-state index in [1.807, 2.05) is 6.92 Å². The molecule has 0 spiro atoms. The third-order valence-electron chi connectivity index (χ3n) is 2.43. The number of carbonyl (C=O) groups excluding carboxylic acids is 1. The number of amides is 1. The molecule has 0 rings (SSSR count). The fraction of sp³-hybridized carbons (Fsp3) is 0.909. The first-order valence-electron chi connectivity index (χ1n) is 5.74. The van der Waals surface area contributed by atoms with E-state index in [9.17, 15) is 4.79 Å². The SMILES string of the molecule is CCCCN(CCO)C(=O)CC(C)CN. The lowest BCUT2D eigenvalue weighted by atomic mass is 10.1. The standard InChI is InChI=1S/C11H24N2O2/c1-3-4-5-13(6-7-14)11(15)8-10(2)9-12/h10,14H,3-9,12H2,1-2H3. The van der Waals surface area contributed by atoms with Crippen LogP contribution in [0.5, 0.6) is 0 Å². The van der Waals surface area contributed by atoms with Crippen LogP contribution < -0.4 is 5.73 Å². The summed E-state index contributed by atoms with van der Waals surface area (Å²) in [5, 5.41) is 8.86. The molecule has 15 heavy (non-hydrogen) atoms. The number of aliphatic hydroxyl groups excluding tert-OH is 1. The van der Waals surface area contributed by atoms with Crippen molar-refractivity contribution in [2.75, 3.05) is 26.2 Å². The lowest BCUT2D eigenvalue weighted by Crippen LogP contribution is -2.36. The average molecular weight is 216 g/mol. The highest BCUT2D eigenvalue weighted by Crippen LogP contribution is 2.05. The monoisotopic (exact) mass is 216 g/mol. The van der Waals surface area contributed by atoms with Crippen LogP contribution in [-0.4, -0.2) is 42.2 Å². The minimum absolute atomic E-state index is 0.0342. The Balaban J connectivity index is 4.03. The van der Waals surface area contributed by atoms with Crippen molar-refractivity contribution in [2.45, 2.75) is 33.1 Å². The summed E-state index contributed by atoms with van der Waals surface area (Å²) < 4.78 is 0. The molecular weight excluding hydrogens is 192 g/mol. The number of aliphatic hydroxyl groups is 1. The zero-order valence-corrected chi connectivity index (χ0v) is 9.91. The molecule has 0 bridgehead atoms. The first-order valence-corrected chi connectivity index (χ1v) is 5.74. The van der Waals surface area contributed by atoms with E-state index in [0.717, 1.165) is 19.4 Å². The highest BCUT2D eigenvalue weighted by molar-refractivity contribution is 5.76. The Labute approximate surface area is 92.4 Å². The van der Waals surface area contributed by atoms with Crippen molar-refractivity contribution in [3.05, 3.63) is 0 Å². The van der Waals surface area contributed by atoms with Gasteiger partial charge in [0.25, 0.3) is 0 Å². The number of hydrogen-bond acceptors (Lipinski definition) is 3. The highest BCUT2D eigenvalue weighted by Gasteiger charge is 2.14. The molecule has 0 heterocycles. The van der Waals surface area contributed by atoms with E-state index < -0.39 is 0 Å². The molecule has 0 saturated carbocycles. The van der Waals surface area contributed by atoms with Gasteiger partial charge in [-0.1, -0.05) is 20.3 Å². The van der Waals surface area contributed by atoms with Crippen LogP contribution in [0.4, 0.5) is 0 Å². The molecule has 4 heteroatoms. The lowest BCUT2D eigenvalue weighted by molar-refractivity contribution is -0.132. The van der Waals surface area contributed by atoms with Crippen LogP contribution in [0, 0.1) is 5.92 Å². The van der Waals surface area contributed by atoms with Crippen molar-refractivity contribution >= 4 is 5.91 Å². The van der Waals surface area contributed by atoms with Gasteiger partial charge < -0.3 is 15.7 Å². The molecule has 0 aliphatic rings. The Morgan fingerprint density at radius 2 is 2.13 bits per heavy atom. The van der Waals surface area contributed by atoms with Crippen LogP contribution >= 0.6 is 0 Å². The van der Waals surface area contributed by atoms with Gasteiger partial charge in [-0.15, -0.1) is 0 Å². The zero-order valence-electron chi connectivity index (χ0n) is 9.91. The summed E-state index contributed by atoms with van der Waals surface area (Å²) in [5.74, 6) is 0.329. The first-order chi connectivity index (χ1) is 7.15. The summed E-state index contributed by atoms with van der Waals surface area (Å²) in [6.07, 6.45) is 2.53. The topological polar surface area (TPSA) is 66.6 Å². The first kappa shape index (κ1) is 14.4. The Morgan fingerprint density at radius 3 is 2.60 bits per heavy atom. The fourth-order valence-corrected chi connectivity index (χ4v) is 1.34. The second-order valence-electron chi connectivity index (χ2n) is 4.00. The summed E-state index contributed by atoms with van der Waals surface area (Å²) in [4.78, 5) is 13.5. The second kappa shape index (κ2) is 8.68. The molecular formula is C11H24N2O2. The molecule has 0 radical (unpaired) electrons. The Morgan fingerprint density at radius 1 is 1.47 bits per heavy atom. The summed E-state index contributed by atoms with van der Waals surface area (Å²) in [7, 11) is 0. The number of rotatable bonds is 8. The van der Waals surface area contributed by atoms with Gasteiger partial charge in [0.05, 0.1) is 6.61 Å². The molecule has 0 aromatic heterocycles. The third-order valence-corrected chi connectivity index (χ3v) is 2.43. The number of nitrogens with zero attached hydrogens (tertiary/aromatic N) is 1. The van der Waals surface area contributed by atoms with Gasteiger partial charge in [-0.2, -0.15) is 0 Å². The minimum atomic E-state index is 0.0342. The van der Waals surface area contributed by atoms with Crippen LogP contribution in [0.3, 0.4) is 0 Å². The summed E-state index contributed by atoms with van der Waals surface area (Å²) in [5.41, 5.74) is 5.47. The average Bonchev–Trinajstić information content (AvgIpc) is 2.23. The smallest absolute Gasteiger partial charge is 0.222 e. The summed E-state index contributed by atoms with van der Waals surface area (Å²) >= 11 is 0. The molecule has 1 atom stereocenters. The number of unbranched alkanes of at least 4 members (excludes halogenated alkanes) is 1. The van der Waals surface area contributed by atoms with E-state index in [4.69, 9.17) is 10.8 Å². The van der Waals surface area contributed by atoms with Gasteiger partial charge in [-0.3, -0.25) is 4.79 Å². The molecule has 0 aliphatic heterocycles. The maximum absolute atomic E-state index is 11.8. The summed E-state index contributed by atoms with van der Waals surface area (Å²) in [6, 6.07) is 0. The highest BCUT2D eigenvalue weighted by atomic mass is 16.3. The van der Waals surface area contributed by atoms with E-state index in [1.165, 1.54) is 0 Å². The molecule has 4 nitrogen and oxygen atoms in total. The molecule has 1 amide bonds. The third kappa shape index (κ3) is 6.47. The van der Waals surface area contributed by atoms with E-state index in [0.29, 0.717) is 19.5 Å². The van der Waals surface area contributed by atoms with Crippen LogP contribution in [-0.2, 0) is 4.79 Å². The number of hydrogen-bond donors (Lipinski definition) is 2. The van der Waals surface area contributed by atoms with Crippen LogP contribution in [0.15, 0.2) is 0 Å². The molecule has 0 fully saturated rings. The van der Waals surface area contributed by atoms with Crippen molar-refractivity contribution < 1.29 is 9.90 Å². The van der Waals surface area contributed by atoms with E-state index >= 15 is 0 Å². The molecule has 3 N–H and O–H groups in total. The minimum Gasteiger partial charge on any atom is -0.395 e. The lowest BCUT2D eigenvalue weighted by Gasteiger charge is -2.22. The largest absolute Gasteiger partial charge is 0.395 e. The number of carbonyl (C=O) groups is 1. The van der Waals surface area contributed by atoms with Gasteiger partial charge in [-0.05, 0) is 18.9 Å². The van der Waals surface area contributed by atoms with Gasteiger partial charge in [0.15, 0.2) is 0 Å². The van der Waals surface area contributed by atoms with Gasteiger partial charge >= 0.3 is 0 Å². The Bertz CT molecular complexity index is 174. The van der Waals surface area contributed by atoms with E-state index in [2.05, 4.69) is 6.92 Å². The second-order valence-corrected chi connectivity index (χ2v) is 4.00. The van der Waals surface area contributed by atoms with Crippen molar-refractivity contribution in [1.82, 2.24) is 4.90 Å². The van der Waals surface area contributed by atoms with E-state index in [1.54, 1.807) is 4.90 Å². The van der Waals surface area contributed by atoms with Crippen LogP contribution in [0.25, 0.3) is 0 Å². The van der Waals surface area contributed by atoms with Gasteiger partial charge in [0.1, 0.15) is 0 Å². The maximum Gasteiger partial charge on any atom is 0.222 e. The summed E-state index contributed by atoms with van der Waals surface area (Å²) in [6.45, 7) is 5.81. The van der Waals surface area contributed by atoms with Crippen molar-refractivity contribution in [3.8, 4) is 0 Å². The fourth-order valence-electron chi connectivity index (χ4n) is 1.34. The molecule has 90 valence electrons. The molecule has 0 aromatic rings. The van der Waals surface area contributed by atoms with Gasteiger partial charge in [0.2, 0.25) is 5.91 Å². The van der Waals surface area contributed by atoms with Crippen molar-refractivity contribution in [1.29, 1.82) is 0 Å². The molecule has 0 aromatic carbocycles. The van der Waals surface area contributed by atoms with Crippen molar-refractivity contribution in [2.24, 2.45) is 11.7 Å². The molecule has 0 saturated heterocycles. The predicted octanol–water partition coefficient (Wildman–Crippen LogP) is 0.592. The zero-order chi connectivity index (χ0) is 11.7. The predicted molar refractivity (Wildman–Crippen MR) is 61.4 cm³/mol. The Hall–Kier alpha value is -0.610. The maximum atomic E-state index is 11.8. The van der Waals surface area contributed by atoms with Gasteiger partial charge in [0, 0.05) is 19.5 Å². The molecule has 0 aliphatic carbocycles. The van der Waals surface area contributed by atoms with Gasteiger partial charge in [-0.25, -0.2) is 0 Å². The molecule has 1 unspecified atom stereocenters. The van der Waals surface area contributed by atoms with Crippen LogP contribution in [0.1, 0.15) is 33.1 Å². The van der Waals surface area contributed by atoms with E-state index in [-0.39, 0.29) is 18.4 Å². The number of nitrogens with two attached hydrogens (primary N) is 1. The Kier molecular flexibility index (Phi) is 8.33. The normalized spacial score (nSPS) is 12.5.